The lowest BCUT2D eigenvalue weighted by molar-refractivity contribution is -0.126. The number of nitrogens with one attached hydrogen (secondary N) is 1. The Bertz CT molecular complexity index is 1100. The SMILES string of the molecule is CCc1nc(-c2csc(S(=O)(=O)N3CCC(C(=O)NCc4cccs4)CC3)c2)no1. The first-order valence-corrected chi connectivity index (χ1v) is 12.9. The number of hydrogen-bond donors (Lipinski definition) is 1. The van der Waals surface area contributed by atoms with E-state index in [9.17, 15) is 13.2 Å². The minimum Gasteiger partial charge on any atom is -0.351 e. The van der Waals surface area contributed by atoms with Crippen molar-refractivity contribution in [3.63, 3.8) is 0 Å². The number of piperidine rings is 1. The third kappa shape index (κ3) is 4.48. The minimum atomic E-state index is -3.61. The number of aryl methyl sites for hydroxylation is 1. The summed E-state index contributed by atoms with van der Waals surface area (Å²) in [6.45, 7) is 3.08. The summed E-state index contributed by atoms with van der Waals surface area (Å²) in [6.07, 6.45) is 1.65. The molecule has 3 aromatic heterocycles. The molecule has 0 aliphatic carbocycles. The molecule has 0 unspecified atom stereocenters. The fourth-order valence-electron chi connectivity index (χ4n) is 3.30. The summed E-state index contributed by atoms with van der Waals surface area (Å²) in [5.41, 5.74) is 0.630. The zero-order valence-electron chi connectivity index (χ0n) is 16.4. The Labute approximate surface area is 183 Å². The van der Waals surface area contributed by atoms with Gasteiger partial charge in [0.25, 0.3) is 10.0 Å². The highest BCUT2D eigenvalue weighted by Gasteiger charge is 2.33. The summed E-state index contributed by atoms with van der Waals surface area (Å²) in [6, 6.07) is 5.52. The van der Waals surface area contributed by atoms with Gasteiger partial charge >= 0.3 is 0 Å². The minimum absolute atomic E-state index is 0.0114. The van der Waals surface area contributed by atoms with Gasteiger partial charge in [-0.2, -0.15) is 9.29 Å². The van der Waals surface area contributed by atoms with Crippen LogP contribution in [0.25, 0.3) is 11.4 Å². The van der Waals surface area contributed by atoms with Crippen molar-refractivity contribution in [3.05, 3.63) is 39.7 Å². The van der Waals surface area contributed by atoms with Crippen molar-refractivity contribution in [2.75, 3.05) is 13.1 Å². The maximum Gasteiger partial charge on any atom is 0.252 e. The molecule has 3 aromatic rings. The van der Waals surface area contributed by atoms with Crippen LogP contribution in [-0.4, -0.2) is 41.9 Å². The lowest BCUT2D eigenvalue weighted by Gasteiger charge is -2.30. The van der Waals surface area contributed by atoms with Crippen LogP contribution < -0.4 is 5.32 Å². The van der Waals surface area contributed by atoms with Crippen LogP contribution in [-0.2, 0) is 27.8 Å². The van der Waals surface area contributed by atoms with Gasteiger partial charge in [0.05, 0.1) is 6.54 Å². The molecule has 1 aliphatic heterocycles. The molecule has 1 N–H and O–H groups in total. The van der Waals surface area contributed by atoms with E-state index in [-0.39, 0.29) is 16.0 Å². The third-order valence-corrected chi connectivity index (χ3v) is 9.23. The van der Waals surface area contributed by atoms with Crippen molar-refractivity contribution in [1.82, 2.24) is 19.8 Å². The third-order valence-electron chi connectivity index (χ3n) is 5.04. The van der Waals surface area contributed by atoms with Gasteiger partial charge in [0.15, 0.2) is 0 Å². The molecule has 4 heterocycles. The molecule has 0 saturated carbocycles. The van der Waals surface area contributed by atoms with E-state index < -0.39 is 10.0 Å². The molecule has 1 fully saturated rings. The Hall–Kier alpha value is -2.08. The number of amides is 1. The van der Waals surface area contributed by atoms with Crippen molar-refractivity contribution in [2.24, 2.45) is 5.92 Å². The van der Waals surface area contributed by atoms with Crippen molar-refractivity contribution < 1.29 is 17.7 Å². The van der Waals surface area contributed by atoms with Gasteiger partial charge < -0.3 is 9.84 Å². The van der Waals surface area contributed by atoms with Crippen LogP contribution in [0.3, 0.4) is 0 Å². The average molecular weight is 467 g/mol. The predicted octanol–water partition coefficient (Wildman–Crippen LogP) is 3.14. The first-order chi connectivity index (χ1) is 14.5. The largest absolute Gasteiger partial charge is 0.351 e. The monoisotopic (exact) mass is 466 g/mol. The highest BCUT2D eigenvalue weighted by molar-refractivity contribution is 7.91. The smallest absolute Gasteiger partial charge is 0.252 e. The molecule has 0 radical (unpaired) electrons. The fourth-order valence-corrected chi connectivity index (χ4v) is 6.73. The molecule has 8 nitrogen and oxygen atoms in total. The predicted molar refractivity (Wildman–Crippen MR) is 115 cm³/mol. The Morgan fingerprint density at radius 3 is 2.80 bits per heavy atom. The maximum absolute atomic E-state index is 13.0. The second-order valence-corrected chi connectivity index (χ2v) is 11.1. The van der Waals surface area contributed by atoms with Crippen molar-refractivity contribution >= 4 is 38.6 Å². The number of carbonyl (C=O) groups is 1. The van der Waals surface area contributed by atoms with Crippen molar-refractivity contribution in [2.45, 2.75) is 36.9 Å². The molecule has 0 spiro atoms. The van der Waals surface area contributed by atoms with Crippen LogP contribution in [0.1, 0.15) is 30.5 Å². The normalized spacial score (nSPS) is 16.0. The van der Waals surface area contributed by atoms with Gasteiger partial charge in [-0.05, 0) is 30.4 Å². The zero-order valence-corrected chi connectivity index (χ0v) is 18.9. The van der Waals surface area contributed by atoms with Crippen molar-refractivity contribution in [3.8, 4) is 11.4 Å². The van der Waals surface area contributed by atoms with E-state index in [1.165, 1.54) is 4.31 Å². The van der Waals surface area contributed by atoms with Gasteiger partial charge in [0, 0.05) is 41.2 Å². The molecule has 0 atom stereocenters. The lowest BCUT2D eigenvalue weighted by Crippen LogP contribution is -2.42. The first kappa shape index (κ1) is 21.2. The second-order valence-electron chi connectivity index (χ2n) is 7.00. The molecule has 160 valence electrons. The van der Waals surface area contributed by atoms with E-state index in [0.717, 1.165) is 16.2 Å². The molecule has 0 aromatic carbocycles. The van der Waals surface area contributed by atoms with Crippen LogP contribution in [0.4, 0.5) is 0 Å². The van der Waals surface area contributed by atoms with E-state index in [1.54, 1.807) is 22.8 Å². The Morgan fingerprint density at radius 1 is 1.33 bits per heavy atom. The summed E-state index contributed by atoms with van der Waals surface area (Å²) in [7, 11) is -3.61. The zero-order chi connectivity index (χ0) is 21.1. The summed E-state index contributed by atoms with van der Waals surface area (Å²) in [5, 5.41) is 10.5. The highest BCUT2D eigenvalue weighted by atomic mass is 32.2. The molecule has 1 aliphatic rings. The van der Waals surface area contributed by atoms with Crippen LogP contribution >= 0.6 is 22.7 Å². The standard InChI is InChI=1S/C19H22N4O4S3/c1-2-16-21-18(22-27-16)14-10-17(29-12-14)30(25,26)23-7-5-13(6-8-23)19(24)20-11-15-4-3-9-28-15/h3-4,9-10,12-13H,2,5-8,11H2,1H3,(H,20,24). The number of rotatable bonds is 7. The molecule has 0 bridgehead atoms. The van der Waals surface area contributed by atoms with Crippen LogP contribution in [0.5, 0.6) is 0 Å². The van der Waals surface area contributed by atoms with Gasteiger partial charge in [-0.1, -0.05) is 18.1 Å². The van der Waals surface area contributed by atoms with Gasteiger partial charge in [0.2, 0.25) is 17.6 Å². The van der Waals surface area contributed by atoms with Gasteiger partial charge in [-0.3, -0.25) is 4.79 Å². The molecule has 11 heteroatoms. The quantitative estimate of drug-likeness (QED) is 0.573. The fraction of sp³-hybridized carbons (Fsp3) is 0.421. The first-order valence-electron chi connectivity index (χ1n) is 9.69. The molecule has 30 heavy (non-hydrogen) atoms. The summed E-state index contributed by atoms with van der Waals surface area (Å²) >= 11 is 2.75. The van der Waals surface area contributed by atoms with E-state index in [2.05, 4.69) is 15.5 Å². The lowest BCUT2D eigenvalue weighted by atomic mass is 9.97. The summed E-state index contributed by atoms with van der Waals surface area (Å²) < 4.78 is 32.9. The van der Waals surface area contributed by atoms with Crippen LogP contribution in [0.15, 0.2) is 37.7 Å². The van der Waals surface area contributed by atoms with Crippen LogP contribution in [0.2, 0.25) is 0 Å². The number of nitrogens with zero attached hydrogens (tertiary/aromatic N) is 3. The number of hydrogen-bond acceptors (Lipinski definition) is 8. The number of thiophene rings is 2. The number of sulfonamides is 1. The Kier molecular flexibility index (Phi) is 6.32. The molecule has 1 saturated heterocycles. The molecule has 1 amide bonds. The molecule has 4 rings (SSSR count). The molecular formula is C19H22N4O4S3. The summed E-state index contributed by atoms with van der Waals surface area (Å²) in [4.78, 5) is 17.8. The van der Waals surface area contributed by atoms with Crippen molar-refractivity contribution in [1.29, 1.82) is 0 Å². The number of aromatic nitrogens is 2. The molecular weight excluding hydrogens is 444 g/mol. The average Bonchev–Trinajstić information content (AvgIpc) is 3.53. The maximum atomic E-state index is 13.0. The second kappa shape index (κ2) is 8.96. The topological polar surface area (TPSA) is 105 Å². The van der Waals surface area contributed by atoms with Crippen LogP contribution in [0, 0.1) is 5.92 Å². The summed E-state index contributed by atoms with van der Waals surface area (Å²) in [5.74, 6) is 0.732. The Morgan fingerprint density at radius 2 is 2.13 bits per heavy atom. The van der Waals surface area contributed by atoms with E-state index in [0.29, 0.717) is 56.2 Å². The highest BCUT2D eigenvalue weighted by Crippen LogP contribution is 2.31. The van der Waals surface area contributed by atoms with Gasteiger partial charge in [0.1, 0.15) is 4.21 Å². The Balaban J connectivity index is 1.36. The van der Waals surface area contributed by atoms with E-state index in [1.807, 2.05) is 24.4 Å². The van der Waals surface area contributed by atoms with Gasteiger partial charge in [-0.25, -0.2) is 8.42 Å². The number of carbonyl (C=O) groups excluding carboxylic acids is 1. The van der Waals surface area contributed by atoms with Gasteiger partial charge in [-0.15, -0.1) is 22.7 Å². The van der Waals surface area contributed by atoms with E-state index in [4.69, 9.17) is 4.52 Å². The van der Waals surface area contributed by atoms with E-state index >= 15 is 0 Å².